The minimum atomic E-state index is -1.48. The molecule has 4 rings (SSSR count). The number of carboxylic acid groups (broad SMARTS) is 1. The second-order valence-corrected chi connectivity index (χ2v) is 6.43. The molecule has 26 heavy (non-hydrogen) atoms. The minimum Gasteiger partial charge on any atom is -0.477 e. The second kappa shape index (κ2) is 6.33. The number of benzene rings is 1. The van der Waals surface area contributed by atoms with E-state index in [9.17, 15) is 19.1 Å². The number of hydrogen-bond acceptors (Lipinski definition) is 5. The molecule has 2 aromatic rings. The van der Waals surface area contributed by atoms with Crippen molar-refractivity contribution in [2.75, 3.05) is 44.3 Å². The quantitative estimate of drug-likeness (QED) is 0.843. The van der Waals surface area contributed by atoms with Gasteiger partial charge in [0.2, 0.25) is 5.43 Å². The van der Waals surface area contributed by atoms with Crippen LogP contribution in [-0.4, -0.2) is 55.0 Å². The van der Waals surface area contributed by atoms with E-state index >= 15 is 4.39 Å². The number of fused-ring (bicyclic) bond motifs is 1. The molecule has 0 saturated carbocycles. The van der Waals surface area contributed by atoms with Gasteiger partial charge in [0.25, 0.3) is 0 Å². The molecule has 1 aromatic heterocycles. The average molecular weight is 365 g/mol. The summed E-state index contributed by atoms with van der Waals surface area (Å²) in [6.07, 6.45) is 1.09. The summed E-state index contributed by atoms with van der Waals surface area (Å²) in [5.41, 5.74) is -1.74. The molecule has 3 heterocycles. The number of aromatic nitrogens is 1. The van der Waals surface area contributed by atoms with Crippen LogP contribution in [-0.2, 0) is 4.74 Å². The van der Waals surface area contributed by atoms with Crippen molar-refractivity contribution in [3.63, 3.8) is 0 Å². The molecule has 0 bridgehead atoms. The summed E-state index contributed by atoms with van der Waals surface area (Å²) in [6.45, 7) is 2.78. The van der Waals surface area contributed by atoms with Gasteiger partial charge in [-0.3, -0.25) is 4.79 Å². The highest BCUT2D eigenvalue weighted by Gasteiger charge is 2.29. The van der Waals surface area contributed by atoms with E-state index in [1.54, 1.807) is 4.90 Å². The number of nitrogens with one attached hydrogen (secondary N) is 1. The van der Waals surface area contributed by atoms with Crippen LogP contribution < -0.4 is 15.6 Å². The molecular weight excluding hydrogens is 348 g/mol. The molecule has 9 heteroatoms. The molecular formula is C17H17F2N3O4. The third kappa shape index (κ3) is 2.55. The number of nitrogens with zero attached hydrogens (tertiary/aromatic N) is 2. The van der Waals surface area contributed by atoms with Crippen molar-refractivity contribution in [3.8, 4) is 0 Å². The van der Waals surface area contributed by atoms with Crippen molar-refractivity contribution in [2.45, 2.75) is 6.04 Å². The highest BCUT2D eigenvalue weighted by Crippen LogP contribution is 2.32. The predicted octanol–water partition coefficient (Wildman–Crippen LogP) is 0.959. The molecule has 0 atom stereocenters. The summed E-state index contributed by atoms with van der Waals surface area (Å²) in [4.78, 5) is 25.6. The van der Waals surface area contributed by atoms with Crippen LogP contribution in [0.2, 0.25) is 0 Å². The normalized spacial score (nSPS) is 18.2. The lowest BCUT2D eigenvalue weighted by atomic mass is 10.1. The maximum absolute atomic E-state index is 15.4. The fourth-order valence-electron chi connectivity index (χ4n) is 3.42. The van der Waals surface area contributed by atoms with Gasteiger partial charge < -0.3 is 24.6 Å². The largest absolute Gasteiger partial charge is 0.477 e. The van der Waals surface area contributed by atoms with Gasteiger partial charge in [-0.25, -0.2) is 13.6 Å². The van der Waals surface area contributed by atoms with Crippen molar-refractivity contribution >= 4 is 22.6 Å². The van der Waals surface area contributed by atoms with Gasteiger partial charge in [-0.05, 0) is 0 Å². The lowest BCUT2D eigenvalue weighted by Gasteiger charge is -2.33. The molecule has 138 valence electrons. The van der Waals surface area contributed by atoms with Crippen LogP contribution in [0, 0.1) is 11.6 Å². The van der Waals surface area contributed by atoms with Crippen LogP contribution in [0.25, 0.3) is 10.9 Å². The van der Waals surface area contributed by atoms with Crippen LogP contribution >= 0.6 is 0 Å². The Balaban J connectivity index is 2.02. The molecule has 0 amide bonds. The number of hydrogen-bond donors (Lipinski definition) is 2. The van der Waals surface area contributed by atoms with Crippen molar-refractivity contribution in [2.24, 2.45) is 0 Å². The first kappa shape index (κ1) is 16.9. The van der Waals surface area contributed by atoms with E-state index in [1.165, 1.54) is 4.57 Å². The van der Waals surface area contributed by atoms with E-state index in [-0.39, 0.29) is 30.5 Å². The Kier molecular flexibility index (Phi) is 4.12. The van der Waals surface area contributed by atoms with E-state index in [1.807, 2.05) is 0 Å². The van der Waals surface area contributed by atoms with Gasteiger partial charge in [-0.2, -0.15) is 0 Å². The van der Waals surface area contributed by atoms with E-state index in [0.717, 1.165) is 12.3 Å². The van der Waals surface area contributed by atoms with Crippen LogP contribution in [0.4, 0.5) is 14.5 Å². The molecule has 0 unspecified atom stereocenters. The van der Waals surface area contributed by atoms with E-state index in [2.05, 4.69) is 5.32 Å². The zero-order valence-corrected chi connectivity index (χ0v) is 13.8. The summed E-state index contributed by atoms with van der Waals surface area (Å²) in [5.74, 6) is -3.11. The molecule has 0 spiro atoms. The monoisotopic (exact) mass is 365 g/mol. The summed E-state index contributed by atoms with van der Waals surface area (Å²) < 4.78 is 36.6. The van der Waals surface area contributed by atoms with Crippen molar-refractivity contribution in [1.82, 2.24) is 9.88 Å². The molecule has 0 aliphatic carbocycles. The first-order valence-corrected chi connectivity index (χ1v) is 8.32. The Hall–Kier alpha value is -2.52. The number of ether oxygens (including phenoxy) is 1. The Morgan fingerprint density at radius 1 is 1.27 bits per heavy atom. The topological polar surface area (TPSA) is 83.8 Å². The Morgan fingerprint density at radius 2 is 1.96 bits per heavy atom. The molecule has 2 fully saturated rings. The summed E-state index contributed by atoms with van der Waals surface area (Å²) in [6, 6.07) is 0.640. The highest BCUT2D eigenvalue weighted by atomic mass is 19.1. The Bertz CT molecular complexity index is 949. The summed E-state index contributed by atoms with van der Waals surface area (Å²) >= 11 is 0. The molecule has 1 aromatic carbocycles. The number of pyridine rings is 1. The summed E-state index contributed by atoms with van der Waals surface area (Å²) in [5, 5.41) is 11.9. The second-order valence-electron chi connectivity index (χ2n) is 6.43. The van der Waals surface area contributed by atoms with Crippen molar-refractivity contribution in [1.29, 1.82) is 0 Å². The number of anilines is 1. The van der Waals surface area contributed by atoms with Gasteiger partial charge in [0, 0.05) is 38.4 Å². The van der Waals surface area contributed by atoms with Crippen LogP contribution in [0.3, 0.4) is 0 Å². The molecule has 2 aliphatic rings. The van der Waals surface area contributed by atoms with Gasteiger partial charge >= 0.3 is 5.97 Å². The number of aromatic carboxylic acids is 1. The minimum absolute atomic E-state index is 0.0768. The van der Waals surface area contributed by atoms with Gasteiger partial charge in [-0.15, -0.1) is 0 Å². The van der Waals surface area contributed by atoms with Crippen LogP contribution in [0.1, 0.15) is 16.4 Å². The van der Waals surface area contributed by atoms with Crippen molar-refractivity contribution < 1.29 is 23.4 Å². The Morgan fingerprint density at radius 3 is 2.54 bits per heavy atom. The fraction of sp³-hybridized carbons (Fsp3) is 0.412. The van der Waals surface area contributed by atoms with E-state index < -0.39 is 34.0 Å². The Labute approximate surface area is 146 Å². The lowest BCUT2D eigenvalue weighted by molar-refractivity contribution is -0.0219. The van der Waals surface area contributed by atoms with Crippen LogP contribution in [0.5, 0.6) is 0 Å². The van der Waals surface area contributed by atoms with E-state index in [0.29, 0.717) is 26.2 Å². The van der Waals surface area contributed by atoms with E-state index in [4.69, 9.17) is 4.74 Å². The van der Waals surface area contributed by atoms with Gasteiger partial charge in [0.05, 0.1) is 35.8 Å². The molecule has 0 radical (unpaired) electrons. The molecule has 7 nitrogen and oxygen atoms in total. The number of halogens is 2. The lowest BCUT2D eigenvalue weighted by Crippen LogP contribution is -2.44. The van der Waals surface area contributed by atoms with Gasteiger partial charge in [0.15, 0.2) is 5.82 Å². The SMILES string of the molecule is O=C(O)c1cn(C2COC2)c2c(F)c(N3CCNCC3)cc(F)c2c1=O. The third-order valence-electron chi connectivity index (χ3n) is 4.87. The smallest absolute Gasteiger partial charge is 0.341 e. The third-order valence-corrected chi connectivity index (χ3v) is 4.87. The molecule has 2 aliphatic heterocycles. The zero-order valence-electron chi connectivity index (χ0n) is 13.8. The van der Waals surface area contributed by atoms with Crippen LogP contribution in [0.15, 0.2) is 17.1 Å². The number of rotatable bonds is 3. The maximum atomic E-state index is 15.4. The molecule has 2 saturated heterocycles. The zero-order chi connectivity index (χ0) is 18.4. The van der Waals surface area contributed by atoms with Gasteiger partial charge in [-0.1, -0.05) is 0 Å². The number of piperazine rings is 1. The van der Waals surface area contributed by atoms with Crippen molar-refractivity contribution in [3.05, 3.63) is 39.7 Å². The standard InChI is InChI=1S/C17H17F2N3O4/c18-11-5-12(21-3-1-20-2-4-21)14(19)15-13(11)16(23)10(17(24)25)6-22(15)9-7-26-8-9/h5-6,9,20H,1-4,7-8H2,(H,24,25). The number of carboxylic acids is 1. The average Bonchev–Trinajstić information content (AvgIpc) is 2.58. The first-order chi connectivity index (χ1) is 12.5. The molecule has 2 N–H and O–H groups in total. The maximum Gasteiger partial charge on any atom is 0.341 e. The predicted molar refractivity (Wildman–Crippen MR) is 90.0 cm³/mol. The fourth-order valence-corrected chi connectivity index (χ4v) is 3.42. The highest BCUT2D eigenvalue weighted by molar-refractivity contribution is 5.94. The van der Waals surface area contributed by atoms with Gasteiger partial charge in [0.1, 0.15) is 11.4 Å². The number of carbonyl (C=O) groups is 1. The first-order valence-electron chi connectivity index (χ1n) is 8.32. The summed E-state index contributed by atoms with van der Waals surface area (Å²) in [7, 11) is 0.